The number of halogens is 1. The summed E-state index contributed by atoms with van der Waals surface area (Å²) in [6, 6.07) is 26.9. The van der Waals surface area contributed by atoms with Gasteiger partial charge in [0.05, 0.1) is 10.6 Å². The van der Waals surface area contributed by atoms with Crippen LogP contribution in [0.15, 0.2) is 109 Å². The summed E-state index contributed by atoms with van der Waals surface area (Å²) in [5, 5.41) is 11.8. The summed E-state index contributed by atoms with van der Waals surface area (Å²) < 4.78 is 60.4. The van der Waals surface area contributed by atoms with Crippen LogP contribution >= 0.6 is 7.14 Å². The number of rotatable bonds is 9. The predicted molar refractivity (Wildman–Crippen MR) is 136 cm³/mol. The number of non-ortho nitro benzene ring substituents is 1. The smallest absolute Gasteiger partial charge is 0.310 e. The van der Waals surface area contributed by atoms with Crippen molar-refractivity contribution in [1.82, 2.24) is 0 Å². The van der Waals surface area contributed by atoms with Gasteiger partial charge in [-0.15, -0.1) is 0 Å². The largest absolute Gasteiger partial charge is 0.382 e. The van der Waals surface area contributed by atoms with Crippen molar-refractivity contribution in [3.05, 3.63) is 131 Å². The van der Waals surface area contributed by atoms with E-state index in [4.69, 9.17) is 4.18 Å². The third-order valence-electron chi connectivity index (χ3n) is 5.61. The van der Waals surface area contributed by atoms with Crippen LogP contribution in [-0.2, 0) is 14.7 Å². The molecule has 0 aliphatic carbocycles. The van der Waals surface area contributed by atoms with Gasteiger partial charge in [0.25, 0.3) is 5.69 Å². The van der Waals surface area contributed by atoms with E-state index >= 15 is 0 Å². The summed E-state index contributed by atoms with van der Waals surface area (Å²) >= 11 is 0. The second-order valence-electron chi connectivity index (χ2n) is 7.96. The number of hydrogen-bond donors (Lipinski definition) is 0. The van der Waals surface area contributed by atoms with Gasteiger partial charge in [0, 0.05) is 22.7 Å². The lowest BCUT2D eigenvalue weighted by Crippen LogP contribution is -2.28. The second-order valence-corrected chi connectivity index (χ2v) is 12.5. The fourth-order valence-corrected chi connectivity index (χ4v) is 9.18. The average molecular weight is 525 g/mol. The molecule has 36 heavy (non-hydrogen) atoms. The van der Waals surface area contributed by atoms with Crippen LogP contribution < -0.4 is 14.8 Å². The molecule has 10 heteroatoms. The molecule has 4 rings (SSSR count). The molecule has 4 aromatic rings. The Hall–Kier alpha value is -3.81. The molecule has 0 N–H and O–H groups in total. The van der Waals surface area contributed by atoms with E-state index in [1.165, 1.54) is 36.4 Å². The van der Waals surface area contributed by atoms with Crippen molar-refractivity contribution in [1.29, 1.82) is 0 Å². The molecule has 0 saturated carbocycles. The van der Waals surface area contributed by atoms with Gasteiger partial charge in [-0.1, -0.05) is 72.8 Å². The van der Waals surface area contributed by atoms with E-state index in [1.54, 1.807) is 60.7 Å². The SMILES string of the molecule is O=[N+]([O-])c1ccc(OS(=O)(=O)C[C@@H](c2ccc(F)cc2)P(=O)(c2ccccc2)c2ccccc2)cc1. The molecule has 1 atom stereocenters. The van der Waals surface area contributed by atoms with Gasteiger partial charge in [0.1, 0.15) is 17.3 Å². The first-order valence-electron chi connectivity index (χ1n) is 10.8. The minimum atomic E-state index is -4.36. The average Bonchev–Trinajstić information content (AvgIpc) is 2.88. The summed E-state index contributed by atoms with van der Waals surface area (Å²) in [4.78, 5) is 10.3. The van der Waals surface area contributed by atoms with Crippen molar-refractivity contribution >= 4 is 33.6 Å². The molecule has 184 valence electrons. The highest BCUT2D eigenvalue weighted by Gasteiger charge is 2.41. The van der Waals surface area contributed by atoms with Crippen LogP contribution in [0.3, 0.4) is 0 Å². The zero-order valence-corrected chi connectivity index (χ0v) is 20.5. The third kappa shape index (κ3) is 5.53. The number of nitrogens with zero attached hydrogens (tertiary/aromatic N) is 1. The van der Waals surface area contributed by atoms with Gasteiger partial charge >= 0.3 is 10.1 Å². The van der Waals surface area contributed by atoms with Gasteiger partial charge in [-0.3, -0.25) is 10.1 Å². The fraction of sp³-hybridized carbons (Fsp3) is 0.0769. The Labute approximate surface area is 207 Å². The summed E-state index contributed by atoms with van der Waals surface area (Å²) in [7, 11) is -8.02. The van der Waals surface area contributed by atoms with E-state index in [0.717, 1.165) is 12.1 Å². The molecule has 0 saturated heterocycles. The van der Waals surface area contributed by atoms with Crippen LogP contribution in [-0.4, -0.2) is 19.1 Å². The van der Waals surface area contributed by atoms with Crippen molar-refractivity contribution in [2.24, 2.45) is 0 Å². The van der Waals surface area contributed by atoms with E-state index in [0.29, 0.717) is 16.2 Å². The van der Waals surface area contributed by atoms with Crippen molar-refractivity contribution in [3.63, 3.8) is 0 Å². The Bertz CT molecular complexity index is 1450. The van der Waals surface area contributed by atoms with Crippen LogP contribution in [0.2, 0.25) is 0 Å². The van der Waals surface area contributed by atoms with Gasteiger partial charge < -0.3 is 8.75 Å². The molecule has 0 aliphatic heterocycles. The standard InChI is InChI=1S/C26H21FNO6PS/c27-21-13-11-20(12-14-21)26(19-36(32,33)34-23-17-15-22(16-18-23)28(29)30)35(31,24-7-3-1-4-8-24)25-9-5-2-6-10-25/h1-18,26H,19H2/t26-/m0/s1. The van der Waals surface area contributed by atoms with Gasteiger partial charge in [-0.2, -0.15) is 8.42 Å². The molecule has 0 bridgehead atoms. The lowest BCUT2D eigenvalue weighted by molar-refractivity contribution is -0.384. The molecular formula is C26H21FNO6PS. The Balaban J connectivity index is 1.81. The number of nitro benzene ring substituents is 1. The molecule has 0 unspecified atom stereocenters. The summed E-state index contributed by atoms with van der Waals surface area (Å²) in [6.45, 7) is 0. The molecule has 0 radical (unpaired) electrons. The lowest BCUT2D eigenvalue weighted by Gasteiger charge is -2.29. The monoisotopic (exact) mass is 525 g/mol. The van der Waals surface area contributed by atoms with Crippen molar-refractivity contribution < 1.29 is 26.5 Å². The van der Waals surface area contributed by atoms with Gasteiger partial charge in [0.2, 0.25) is 0 Å². The van der Waals surface area contributed by atoms with Gasteiger partial charge in [-0.25, -0.2) is 4.39 Å². The molecule has 7 nitrogen and oxygen atoms in total. The van der Waals surface area contributed by atoms with Crippen LogP contribution in [0.4, 0.5) is 10.1 Å². The number of nitro groups is 1. The molecule has 0 spiro atoms. The Kier molecular flexibility index (Phi) is 7.33. The first-order chi connectivity index (χ1) is 17.2. The van der Waals surface area contributed by atoms with Gasteiger partial charge in [0.15, 0.2) is 7.14 Å². The van der Waals surface area contributed by atoms with Crippen LogP contribution in [0.1, 0.15) is 11.2 Å². The first kappa shape index (κ1) is 25.3. The first-order valence-corrected chi connectivity index (χ1v) is 14.2. The van der Waals surface area contributed by atoms with Crippen molar-refractivity contribution in [2.75, 3.05) is 5.75 Å². The molecule has 0 amide bonds. The van der Waals surface area contributed by atoms with Crippen molar-refractivity contribution in [2.45, 2.75) is 5.66 Å². The van der Waals surface area contributed by atoms with Crippen LogP contribution in [0, 0.1) is 15.9 Å². The molecule has 4 aromatic carbocycles. The maximum atomic E-state index is 15.0. The van der Waals surface area contributed by atoms with E-state index in [-0.39, 0.29) is 11.4 Å². The minimum Gasteiger partial charge on any atom is -0.382 e. The Morgan fingerprint density at radius 2 is 1.31 bits per heavy atom. The fourth-order valence-electron chi connectivity index (χ4n) is 3.90. The molecule has 0 aliphatic rings. The van der Waals surface area contributed by atoms with E-state index in [2.05, 4.69) is 0 Å². The quantitative estimate of drug-likeness (QED) is 0.129. The predicted octanol–water partition coefficient (Wildman–Crippen LogP) is 5.20. The van der Waals surface area contributed by atoms with Crippen LogP contribution in [0.25, 0.3) is 0 Å². The Morgan fingerprint density at radius 3 is 1.78 bits per heavy atom. The summed E-state index contributed by atoms with van der Waals surface area (Å²) in [6.07, 6.45) is 0. The second kappa shape index (κ2) is 10.4. The molecule has 0 fully saturated rings. The summed E-state index contributed by atoms with van der Waals surface area (Å²) in [5.41, 5.74) is -0.962. The molecule has 0 aromatic heterocycles. The van der Waals surface area contributed by atoms with Gasteiger partial charge in [-0.05, 0) is 29.8 Å². The lowest BCUT2D eigenvalue weighted by atomic mass is 10.2. The van der Waals surface area contributed by atoms with Crippen molar-refractivity contribution in [3.8, 4) is 5.75 Å². The highest BCUT2D eigenvalue weighted by atomic mass is 32.2. The molecule has 0 heterocycles. The third-order valence-corrected chi connectivity index (χ3v) is 10.5. The molecular weight excluding hydrogens is 504 g/mol. The van der Waals surface area contributed by atoms with E-state index in [9.17, 15) is 27.5 Å². The minimum absolute atomic E-state index is 0.118. The Morgan fingerprint density at radius 1 is 0.806 bits per heavy atom. The summed E-state index contributed by atoms with van der Waals surface area (Å²) in [5.74, 6) is -1.32. The van der Waals surface area contributed by atoms with E-state index in [1.807, 2.05) is 0 Å². The maximum Gasteiger partial charge on any atom is 0.310 e. The van der Waals surface area contributed by atoms with Crippen LogP contribution in [0.5, 0.6) is 5.75 Å². The normalized spacial score (nSPS) is 12.6. The zero-order valence-electron chi connectivity index (χ0n) is 18.8. The zero-order chi connectivity index (χ0) is 25.8. The topological polar surface area (TPSA) is 104 Å². The number of hydrogen-bond acceptors (Lipinski definition) is 6. The highest BCUT2D eigenvalue weighted by Crippen LogP contribution is 2.57. The maximum absolute atomic E-state index is 15.0. The highest BCUT2D eigenvalue weighted by molar-refractivity contribution is 7.88. The number of benzene rings is 4. The van der Waals surface area contributed by atoms with E-state index < -0.39 is 39.4 Å².